The smallest absolute Gasteiger partial charge is 0.323 e. The van der Waals surface area contributed by atoms with Gasteiger partial charge in [-0.1, -0.05) is 30.3 Å². The summed E-state index contributed by atoms with van der Waals surface area (Å²) in [6.07, 6.45) is 10.1. The van der Waals surface area contributed by atoms with E-state index >= 15 is 0 Å². The summed E-state index contributed by atoms with van der Waals surface area (Å²) in [6, 6.07) is 21.4. The van der Waals surface area contributed by atoms with Gasteiger partial charge in [0.2, 0.25) is 5.95 Å². The number of aromatic nitrogens is 5. The van der Waals surface area contributed by atoms with Crippen molar-refractivity contribution in [3.05, 3.63) is 95.4 Å². The van der Waals surface area contributed by atoms with Crippen molar-refractivity contribution >= 4 is 29.1 Å². The quantitative estimate of drug-likeness (QED) is 0.220. The first-order chi connectivity index (χ1) is 22.0. The molecule has 1 saturated carbocycles. The standard InChI is InChI=1S/C33H30N10OS/c1-42-21-25(20-39-42)23-7-14-30(36-18-23)43(33(44)38-17-22-5-3-2-4-6-22)27-10-8-26(9-11-27)40-32-37-19-24(15-34)31(41-32)29-13-12-28(16-35)45-29/h2-7,12-14,18-21,26-27H,8-11,17H2,1H3,(H,38,44)(H,37,40,41). The van der Waals surface area contributed by atoms with E-state index in [-0.39, 0.29) is 18.1 Å². The number of carbonyl (C=O) groups is 1. The van der Waals surface area contributed by atoms with Gasteiger partial charge in [-0.15, -0.1) is 11.3 Å². The normalized spacial score (nSPS) is 15.9. The number of amides is 2. The number of rotatable bonds is 8. The number of hydrogen-bond donors (Lipinski definition) is 2. The molecule has 0 aliphatic heterocycles. The van der Waals surface area contributed by atoms with E-state index in [0.29, 0.717) is 34.4 Å². The van der Waals surface area contributed by atoms with E-state index in [0.717, 1.165) is 47.3 Å². The Morgan fingerprint density at radius 3 is 2.47 bits per heavy atom. The number of aryl methyl sites for hydroxylation is 1. The molecule has 2 N–H and O–H groups in total. The van der Waals surface area contributed by atoms with Gasteiger partial charge in [0, 0.05) is 49.2 Å². The highest BCUT2D eigenvalue weighted by atomic mass is 32.1. The Kier molecular flexibility index (Phi) is 8.76. The summed E-state index contributed by atoms with van der Waals surface area (Å²) in [7, 11) is 1.87. The van der Waals surface area contributed by atoms with Crippen molar-refractivity contribution < 1.29 is 4.79 Å². The minimum Gasteiger partial charge on any atom is -0.351 e. The zero-order chi connectivity index (χ0) is 31.2. The third-order valence-electron chi connectivity index (χ3n) is 7.79. The predicted octanol–water partition coefficient (Wildman–Crippen LogP) is 5.88. The maximum Gasteiger partial charge on any atom is 0.323 e. The zero-order valence-electron chi connectivity index (χ0n) is 24.6. The fourth-order valence-corrected chi connectivity index (χ4v) is 6.30. The molecule has 1 aliphatic carbocycles. The number of nitriles is 2. The maximum atomic E-state index is 13.7. The molecule has 0 atom stereocenters. The molecule has 45 heavy (non-hydrogen) atoms. The van der Waals surface area contributed by atoms with Crippen LogP contribution in [0.25, 0.3) is 21.7 Å². The van der Waals surface area contributed by atoms with Gasteiger partial charge in [-0.05, 0) is 55.5 Å². The van der Waals surface area contributed by atoms with E-state index in [4.69, 9.17) is 4.98 Å². The second-order valence-corrected chi connectivity index (χ2v) is 11.9. The van der Waals surface area contributed by atoms with Crippen molar-refractivity contribution in [2.45, 2.75) is 44.3 Å². The van der Waals surface area contributed by atoms with Gasteiger partial charge in [-0.2, -0.15) is 15.6 Å². The van der Waals surface area contributed by atoms with Crippen molar-refractivity contribution in [1.82, 2.24) is 30.0 Å². The van der Waals surface area contributed by atoms with Crippen molar-refractivity contribution in [1.29, 1.82) is 10.5 Å². The Balaban J connectivity index is 1.17. The molecule has 12 heteroatoms. The summed E-state index contributed by atoms with van der Waals surface area (Å²) >= 11 is 1.29. The molecule has 0 spiro atoms. The molecule has 0 radical (unpaired) electrons. The Morgan fingerprint density at radius 2 is 1.80 bits per heavy atom. The van der Waals surface area contributed by atoms with Crippen molar-refractivity contribution in [3.63, 3.8) is 0 Å². The molecular formula is C33H30N10OS. The van der Waals surface area contributed by atoms with E-state index in [9.17, 15) is 15.3 Å². The monoisotopic (exact) mass is 614 g/mol. The number of benzene rings is 1. The first kappa shape index (κ1) is 29.5. The maximum absolute atomic E-state index is 13.7. The molecule has 0 unspecified atom stereocenters. The molecular weight excluding hydrogens is 584 g/mol. The highest BCUT2D eigenvalue weighted by Crippen LogP contribution is 2.32. The lowest BCUT2D eigenvalue weighted by Crippen LogP contribution is -2.49. The molecule has 2 amide bonds. The van der Waals surface area contributed by atoms with Crippen LogP contribution in [0.1, 0.15) is 41.7 Å². The number of urea groups is 1. The number of nitrogens with one attached hydrogen (secondary N) is 2. The van der Waals surface area contributed by atoms with Crippen LogP contribution in [0.2, 0.25) is 0 Å². The van der Waals surface area contributed by atoms with E-state index in [1.54, 1.807) is 34.1 Å². The molecule has 4 heterocycles. The molecule has 0 saturated heterocycles. The highest BCUT2D eigenvalue weighted by molar-refractivity contribution is 7.16. The second-order valence-electron chi connectivity index (χ2n) is 10.8. The summed E-state index contributed by atoms with van der Waals surface area (Å²) in [5, 5.41) is 29.6. The van der Waals surface area contributed by atoms with Crippen molar-refractivity contribution in [3.8, 4) is 33.8 Å². The Hall–Kier alpha value is -5.59. The zero-order valence-corrected chi connectivity index (χ0v) is 25.4. The van der Waals surface area contributed by atoms with Gasteiger partial charge in [0.05, 0.1) is 22.8 Å². The molecule has 1 fully saturated rings. The minimum atomic E-state index is -0.190. The van der Waals surface area contributed by atoms with E-state index in [1.165, 1.54) is 17.5 Å². The number of anilines is 2. The van der Waals surface area contributed by atoms with Gasteiger partial charge in [0.1, 0.15) is 28.5 Å². The number of carbonyl (C=O) groups excluding carboxylic acids is 1. The van der Waals surface area contributed by atoms with Crippen LogP contribution in [0.4, 0.5) is 16.6 Å². The molecule has 224 valence electrons. The minimum absolute atomic E-state index is 0.0523. The number of thiophene rings is 1. The summed E-state index contributed by atoms with van der Waals surface area (Å²) in [5.74, 6) is 1.03. The SMILES string of the molecule is Cn1cc(-c2ccc(N(C(=O)NCc3ccccc3)C3CCC(Nc4ncc(C#N)c(-c5ccc(C#N)s5)n4)CC3)nc2)cn1. The Labute approximate surface area is 264 Å². The molecule has 6 rings (SSSR count). The largest absolute Gasteiger partial charge is 0.351 e. The van der Waals surface area contributed by atoms with E-state index < -0.39 is 0 Å². The molecule has 5 aromatic rings. The number of nitrogens with zero attached hydrogens (tertiary/aromatic N) is 8. The first-order valence-electron chi connectivity index (χ1n) is 14.6. The van der Waals surface area contributed by atoms with Gasteiger partial charge in [0.25, 0.3) is 0 Å². The fraction of sp³-hybridized carbons (Fsp3) is 0.242. The summed E-state index contributed by atoms with van der Waals surface area (Å²) in [6.45, 7) is 0.416. The van der Waals surface area contributed by atoms with E-state index in [1.807, 2.05) is 55.7 Å². The molecule has 1 aromatic carbocycles. The van der Waals surface area contributed by atoms with Crippen LogP contribution in [0.3, 0.4) is 0 Å². The third kappa shape index (κ3) is 6.82. The highest BCUT2D eigenvalue weighted by Gasteiger charge is 2.31. The van der Waals surface area contributed by atoms with Crippen molar-refractivity contribution in [2.24, 2.45) is 7.05 Å². The molecule has 11 nitrogen and oxygen atoms in total. The van der Waals surface area contributed by atoms with Gasteiger partial charge in [0.15, 0.2) is 0 Å². The number of pyridine rings is 1. The average molecular weight is 615 g/mol. The lowest BCUT2D eigenvalue weighted by Gasteiger charge is -2.36. The lowest BCUT2D eigenvalue weighted by atomic mass is 9.90. The third-order valence-corrected chi connectivity index (χ3v) is 8.79. The lowest BCUT2D eigenvalue weighted by molar-refractivity contribution is 0.240. The number of hydrogen-bond acceptors (Lipinski definition) is 9. The fourth-order valence-electron chi connectivity index (χ4n) is 5.49. The first-order valence-corrected chi connectivity index (χ1v) is 15.4. The Bertz CT molecular complexity index is 1860. The second kappa shape index (κ2) is 13.4. The summed E-state index contributed by atoms with van der Waals surface area (Å²) in [5.41, 5.74) is 3.78. The van der Waals surface area contributed by atoms with Gasteiger partial charge in [-0.3, -0.25) is 9.58 Å². The molecule has 0 bridgehead atoms. The van der Waals surface area contributed by atoms with Crippen LogP contribution in [0.15, 0.2) is 79.4 Å². The van der Waals surface area contributed by atoms with Crippen LogP contribution in [0.5, 0.6) is 0 Å². The van der Waals surface area contributed by atoms with Crippen LogP contribution < -0.4 is 15.5 Å². The summed E-state index contributed by atoms with van der Waals surface area (Å²) in [4.78, 5) is 30.5. The Morgan fingerprint density at radius 1 is 0.978 bits per heavy atom. The van der Waals surface area contributed by atoms with Crippen LogP contribution in [-0.2, 0) is 13.6 Å². The van der Waals surface area contributed by atoms with Crippen LogP contribution in [0, 0.1) is 22.7 Å². The van der Waals surface area contributed by atoms with E-state index in [2.05, 4.69) is 37.8 Å². The van der Waals surface area contributed by atoms with Gasteiger partial charge < -0.3 is 10.6 Å². The van der Waals surface area contributed by atoms with Crippen LogP contribution in [-0.4, -0.2) is 42.8 Å². The average Bonchev–Trinajstić information content (AvgIpc) is 3.75. The van der Waals surface area contributed by atoms with Gasteiger partial charge >= 0.3 is 6.03 Å². The molecule has 1 aliphatic rings. The molecule has 4 aromatic heterocycles. The van der Waals surface area contributed by atoms with Crippen molar-refractivity contribution in [2.75, 3.05) is 10.2 Å². The summed E-state index contributed by atoms with van der Waals surface area (Å²) < 4.78 is 1.75. The topological polar surface area (TPSA) is 148 Å². The predicted molar refractivity (Wildman–Crippen MR) is 172 cm³/mol. The van der Waals surface area contributed by atoms with Gasteiger partial charge in [-0.25, -0.2) is 19.7 Å². The van der Waals surface area contributed by atoms with Crippen LogP contribution >= 0.6 is 11.3 Å².